The molecule has 0 spiro atoms. The average molecular weight is 317 g/mol. The number of hydrogen-bond acceptors (Lipinski definition) is 3. The third-order valence-corrected chi connectivity index (χ3v) is 4.50. The Hall–Kier alpha value is -1.27. The molecule has 1 saturated carbocycles. The van der Waals surface area contributed by atoms with Crippen molar-refractivity contribution in [3.63, 3.8) is 0 Å². The molecule has 0 radical (unpaired) electrons. The summed E-state index contributed by atoms with van der Waals surface area (Å²) in [6, 6.07) is 6.09. The molecule has 2 N–H and O–H groups in total. The Morgan fingerprint density at radius 3 is 2.14 bits per heavy atom. The van der Waals surface area contributed by atoms with E-state index in [1.807, 2.05) is 14.0 Å². The summed E-state index contributed by atoms with van der Waals surface area (Å²) in [6.45, 7) is 2.55. The van der Waals surface area contributed by atoms with E-state index in [1.54, 1.807) is 12.1 Å². The van der Waals surface area contributed by atoms with Crippen LogP contribution in [0.15, 0.2) is 24.3 Å². The van der Waals surface area contributed by atoms with Gasteiger partial charge in [-0.25, -0.2) is 0 Å². The molecule has 3 nitrogen and oxygen atoms in total. The second-order valence-electron chi connectivity index (χ2n) is 6.38. The van der Waals surface area contributed by atoms with Crippen molar-refractivity contribution >= 4 is 0 Å². The topological polar surface area (TPSA) is 41.5 Å². The van der Waals surface area contributed by atoms with Gasteiger partial charge in [0.1, 0.15) is 5.75 Å². The maximum atomic E-state index is 12.2. The molecule has 22 heavy (non-hydrogen) atoms. The summed E-state index contributed by atoms with van der Waals surface area (Å²) in [5.41, 5.74) is 0.163. The van der Waals surface area contributed by atoms with Gasteiger partial charge in [-0.15, -0.1) is 13.2 Å². The Morgan fingerprint density at radius 2 is 1.68 bits per heavy atom. The minimum atomic E-state index is -4.67. The van der Waals surface area contributed by atoms with Crippen molar-refractivity contribution in [3.8, 4) is 5.75 Å². The minimum Gasteiger partial charge on any atom is -0.406 e. The van der Waals surface area contributed by atoms with Crippen molar-refractivity contribution < 1.29 is 23.0 Å². The second kappa shape index (κ2) is 6.08. The largest absolute Gasteiger partial charge is 0.573 e. The van der Waals surface area contributed by atoms with Gasteiger partial charge in [-0.05, 0) is 57.4 Å². The van der Waals surface area contributed by atoms with Crippen LogP contribution in [0.1, 0.15) is 38.2 Å². The first-order valence-corrected chi connectivity index (χ1v) is 7.39. The van der Waals surface area contributed by atoms with Crippen LogP contribution in [-0.4, -0.2) is 30.7 Å². The van der Waals surface area contributed by atoms with Crippen molar-refractivity contribution in [2.24, 2.45) is 0 Å². The Labute approximate surface area is 128 Å². The highest BCUT2D eigenvalue weighted by atomic mass is 19.4. The number of likely N-dealkylation sites (N-methyl/N-ethyl adjacent to an activating group) is 1. The maximum absolute atomic E-state index is 12.2. The van der Waals surface area contributed by atoms with Crippen molar-refractivity contribution in [2.45, 2.75) is 50.0 Å². The Morgan fingerprint density at radius 1 is 1.14 bits per heavy atom. The number of ether oxygens (including phenoxy) is 1. The lowest BCUT2D eigenvalue weighted by molar-refractivity contribution is -0.274. The van der Waals surface area contributed by atoms with Crippen molar-refractivity contribution in [2.75, 3.05) is 13.6 Å². The summed E-state index contributed by atoms with van der Waals surface area (Å²) in [6.07, 6.45) is -1.74. The second-order valence-corrected chi connectivity index (χ2v) is 6.38. The van der Waals surface area contributed by atoms with Crippen molar-refractivity contribution in [1.82, 2.24) is 5.32 Å². The van der Waals surface area contributed by atoms with Gasteiger partial charge in [0.2, 0.25) is 0 Å². The van der Waals surface area contributed by atoms with Crippen LogP contribution < -0.4 is 10.1 Å². The molecule has 0 saturated heterocycles. The van der Waals surface area contributed by atoms with E-state index in [1.165, 1.54) is 12.1 Å². The minimum absolute atomic E-state index is 0.159. The normalized spacial score (nSPS) is 29.4. The van der Waals surface area contributed by atoms with Crippen molar-refractivity contribution in [1.29, 1.82) is 0 Å². The van der Waals surface area contributed by atoms with E-state index in [4.69, 9.17) is 0 Å². The third kappa shape index (κ3) is 4.14. The smallest absolute Gasteiger partial charge is 0.406 e. The van der Waals surface area contributed by atoms with Crippen molar-refractivity contribution in [3.05, 3.63) is 29.8 Å². The summed E-state index contributed by atoms with van der Waals surface area (Å²) in [5, 5.41) is 13.3. The third-order valence-electron chi connectivity index (χ3n) is 4.50. The highest BCUT2D eigenvalue weighted by Crippen LogP contribution is 2.43. The molecule has 1 aliphatic rings. The van der Waals surface area contributed by atoms with Gasteiger partial charge in [-0.1, -0.05) is 12.1 Å². The lowest BCUT2D eigenvalue weighted by Crippen LogP contribution is -2.44. The molecule has 0 atom stereocenters. The van der Waals surface area contributed by atoms with Crippen LogP contribution >= 0.6 is 0 Å². The van der Waals surface area contributed by atoms with Gasteiger partial charge in [-0.2, -0.15) is 0 Å². The molecule has 0 amide bonds. The van der Waals surface area contributed by atoms with E-state index in [9.17, 15) is 18.3 Å². The molecular weight excluding hydrogens is 295 g/mol. The van der Waals surface area contributed by atoms with E-state index in [2.05, 4.69) is 10.1 Å². The highest BCUT2D eigenvalue weighted by Gasteiger charge is 2.40. The molecule has 0 unspecified atom stereocenters. The van der Waals surface area contributed by atoms with E-state index in [-0.39, 0.29) is 11.2 Å². The molecule has 1 aromatic rings. The fourth-order valence-electron chi connectivity index (χ4n) is 3.18. The van der Waals surface area contributed by atoms with Crippen LogP contribution in [0.5, 0.6) is 5.75 Å². The summed E-state index contributed by atoms with van der Waals surface area (Å²) in [7, 11) is 1.86. The van der Waals surface area contributed by atoms with Gasteiger partial charge in [0.25, 0.3) is 0 Å². The molecule has 1 fully saturated rings. The molecule has 0 aromatic heterocycles. The Bertz CT molecular complexity index is 487. The number of halogens is 3. The monoisotopic (exact) mass is 317 g/mol. The van der Waals surface area contributed by atoms with Crippen LogP contribution in [0.2, 0.25) is 0 Å². The first kappa shape index (κ1) is 17.1. The van der Waals surface area contributed by atoms with Gasteiger partial charge in [0, 0.05) is 12.0 Å². The summed E-state index contributed by atoms with van der Waals surface area (Å²) in [5.74, 6) is -0.210. The highest BCUT2D eigenvalue weighted by molar-refractivity contribution is 5.33. The first-order valence-electron chi connectivity index (χ1n) is 7.39. The average Bonchev–Trinajstić information content (AvgIpc) is 2.41. The van der Waals surface area contributed by atoms with Crippen LogP contribution in [0.3, 0.4) is 0 Å². The van der Waals surface area contributed by atoms with Crippen LogP contribution in [0.25, 0.3) is 0 Å². The van der Waals surface area contributed by atoms with Crippen LogP contribution in [0.4, 0.5) is 13.2 Å². The summed E-state index contributed by atoms with van der Waals surface area (Å²) in [4.78, 5) is 0. The molecule has 2 rings (SSSR count). The number of hydrogen-bond donors (Lipinski definition) is 2. The molecule has 0 heterocycles. The molecule has 1 aromatic carbocycles. The molecule has 6 heteroatoms. The SMILES string of the molecule is CNCC1(c2ccc(OC(F)(F)F)cc2)CCC(C)(O)CC1. The predicted molar refractivity (Wildman–Crippen MR) is 77.8 cm³/mol. The Kier molecular flexibility index (Phi) is 4.73. The molecule has 124 valence electrons. The summed E-state index contributed by atoms with van der Waals surface area (Å²) < 4.78 is 40.6. The van der Waals surface area contributed by atoms with Gasteiger partial charge >= 0.3 is 6.36 Å². The zero-order valence-electron chi connectivity index (χ0n) is 12.8. The number of nitrogens with one attached hydrogen (secondary N) is 1. The zero-order valence-corrected chi connectivity index (χ0v) is 12.8. The van der Waals surface area contributed by atoms with E-state index >= 15 is 0 Å². The maximum Gasteiger partial charge on any atom is 0.573 e. The number of benzene rings is 1. The first-order chi connectivity index (χ1) is 10.2. The number of alkyl halides is 3. The lowest BCUT2D eigenvalue weighted by Gasteiger charge is -2.43. The van der Waals surface area contributed by atoms with Gasteiger partial charge in [0.05, 0.1) is 5.60 Å². The van der Waals surface area contributed by atoms with Gasteiger partial charge in [0.15, 0.2) is 0 Å². The summed E-state index contributed by atoms with van der Waals surface area (Å²) >= 11 is 0. The molecule has 0 bridgehead atoms. The fourth-order valence-corrected chi connectivity index (χ4v) is 3.18. The molecule has 1 aliphatic carbocycles. The van der Waals surface area contributed by atoms with E-state index < -0.39 is 12.0 Å². The Balaban J connectivity index is 2.19. The van der Waals surface area contributed by atoms with Crippen LogP contribution in [-0.2, 0) is 5.41 Å². The molecular formula is C16H22F3NO2. The van der Waals surface area contributed by atoms with Gasteiger partial charge < -0.3 is 15.2 Å². The quantitative estimate of drug-likeness (QED) is 0.894. The predicted octanol–water partition coefficient (Wildman–Crippen LogP) is 3.37. The zero-order chi connectivity index (χ0) is 16.4. The van der Waals surface area contributed by atoms with Crippen LogP contribution in [0, 0.1) is 0 Å². The molecule has 0 aliphatic heterocycles. The van der Waals surface area contributed by atoms with Gasteiger partial charge in [-0.3, -0.25) is 0 Å². The van der Waals surface area contributed by atoms with E-state index in [0.29, 0.717) is 12.8 Å². The van der Waals surface area contributed by atoms with E-state index in [0.717, 1.165) is 24.9 Å². The standard InChI is InChI=1S/C16H22F3NO2/c1-14(21)7-9-15(10-8-14,11-20-2)12-3-5-13(6-4-12)22-16(17,18)19/h3-6,20-21H,7-11H2,1-2H3. The fraction of sp³-hybridized carbons (Fsp3) is 0.625. The number of aliphatic hydroxyl groups is 1. The number of rotatable bonds is 4. The lowest BCUT2D eigenvalue weighted by atomic mass is 9.65.